The maximum atomic E-state index is 11.5. The lowest BCUT2D eigenvalue weighted by Gasteiger charge is -2.36. The standard InChI is InChI=1S/C21H22Cl2N2O4/c22-16-2-1-3-17(23)18(16)19-15(20(29-24-19)11-4-5-11)10-28-14-8-12-6-7-13(9-14)25(12)21(26)27/h1-3,11-14H,4-10H2,(H,26,27)/t12-,13+,14?. The van der Waals surface area contributed by atoms with Crippen LogP contribution in [0.3, 0.4) is 0 Å². The topological polar surface area (TPSA) is 75.8 Å². The van der Waals surface area contributed by atoms with Gasteiger partial charge in [-0.3, -0.25) is 0 Å². The van der Waals surface area contributed by atoms with Gasteiger partial charge in [-0.05, 0) is 50.7 Å². The molecule has 3 heterocycles. The predicted molar refractivity (Wildman–Crippen MR) is 108 cm³/mol. The molecule has 8 heteroatoms. The van der Waals surface area contributed by atoms with Crippen molar-refractivity contribution in [1.82, 2.24) is 10.1 Å². The van der Waals surface area contributed by atoms with Crippen LogP contribution in [0.4, 0.5) is 4.79 Å². The minimum absolute atomic E-state index is 0.0274. The first kappa shape index (κ1) is 19.2. The largest absolute Gasteiger partial charge is 0.465 e. The fraction of sp³-hybridized carbons (Fsp3) is 0.524. The van der Waals surface area contributed by atoms with Crippen LogP contribution >= 0.6 is 23.2 Å². The van der Waals surface area contributed by atoms with Crippen molar-refractivity contribution >= 4 is 29.3 Å². The van der Waals surface area contributed by atoms with Gasteiger partial charge in [0.2, 0.25) is 0 Å². The second-order valence-electron chi connectivity index (χ2n) is 8.22. The van der Waals surface area contributed by atoms with E-state index in [1.54, 1.807) is 23.1 Å². The fourth-order valence-corrected chi connectivity index (χ4v) is 5.40. The summed E-state index contributed by atoms with van der Waals surface area (Å²) in [6.45, 7) is 0.364. The van der Waals surface area contributed by atoms with Gasteiger partial charge in [0.1, 0.15) is 11.5 Å². The number of carboxylic acid groups (broad SMARTS) is 1. The maximum absolute atomic E-state index is 11.5. The molecular formula is C21H22Cl2N2O4. The van der Waals surface area contributed by atoms with Crippen LogP contribution in [0, 0.1) is 0 Å². The Balaban J connectivity index is 1.38. The molecule has 6 nitrogen and oxygen atoms in total. The molecule has 2 aromatic rings. The van der Waals surface area contributed by atoms with E-state index in [9.17, 15) is 9.90 Å². The molecule has 2 saturated heterocycles. The molecule has 154 valence electrons. The van der Waals surface area contributed by atoms with Crippen molar-refractivity contribution in [2.75, 3.05) is 0 Å². The minimum Gasteiger partial charge on any atom is -0.465 e. The molecule has 3 atom stereocenters. The molecule has 2 aliphatic heterocycles. The zero-order valence-corrected chi connectivity index (χ0v) is 17.3. The normalized spacial score (nSPS) is 26.1. The van der Waals surface area contributed by atoms with E-state index >= 15 is 0 Å². The monoisotopic (exact) mass is 436 g/mol. The molecule has 1 saturated carbocycles. The number of benzene rings is 1. The Morgan fingerprint density at radius 2 is 1.83 bits per heavy atom. The minimum atomic E-state index is -0.818. The number of ether oxygens (including phenoxy) is 1. The smallest absolute Gasteiger partial charge is 0.407 e. The van der Waals surface area contributed by atoms with E-state index in [0.29, 0.717) is 33.8 Å². The summed E-state index contributed by atoms with van der Waals surface area (Å²) < 4.78 is 12.0. The van der Waals surface area contributed by atoms with E-state index in [-0.39, 0.29) is 18.2 Å². The third kappa shape index (κ3) is 3.51. The number of amides is 1. The number of piperidine rings is 1. The van der Waals surface area contributed by atoms with Crippen LogP contribution in [-0.4, -0.2) is 39.4 Å². The van der Waals surface area contributed by atoms with Crippen molar-refractivity contribution in [1.29, 1.82) is 0 Å². The molecule has 3 fully saturated rings. The zero-order chi connectivity index (χ0) is 20.1. The molecule has 1 aromatic heterocycles. The van der Waals surface area contributed by atoms with Gasteiger partial charge in [0.15, 0.2) is 0 Å². The highest BCUT2D eigenvalue weighted by Gasteiger charge is 2.44. The van der Waals surface area contributed by atoms with Gasteiger partial charge in [0.05, 0.1) is 22.8 Å². The van der Waals surface area contributed by atoms with Crippen LogP contribution in [-0.2, 0) is 11.3 Å². The first-order valence-electron chi connectivity index (χ1n) is 10.1. The third-order valence-corrected chi connectivity index (χ3v) is 6.97. The van der Waals surface area contributed by atoms with Crippen molar-refractivity contribution in [3.05, 3.63) is 39.6 Å². The van der Waals surface area contributed by atoms with E-state index < -0.39 is 6.09 Å². The Hall–Kier alpha value is -1.76. The molecule has 1 aromatic carbocycles. The number of carbonyl (C=O) groups is 1. The molecule has 0 spiro atoms. The summed E-state index contributed by atoms with van der Waals surface area (Å²) in [5.41, 5.74) is 2.23. The van der Waals surface area contributed by atoms with Crippen molar-refractivity contribution in [2.45, 2.75) is 69.2 Å². The summed E-state index contributed by atoms with van der Waals surface area (Å²) in [5.74, 6) is 1.24. The Morgan fingerprint density at radius 3 is 2.41 bits per heavy atom. The molecule has 1 aliphatic carbocycles. The molecule has 29 heavy (non-hydrogen) atoms. The quantitative estimate of drug-likeness (QED) is 0.648. The summed E-state index contributed by atoms with van der Waals surface area (Å²) in [6, 6.07) is 5.49. The lowest BCUT2D eigenvalue weighted by atomic mass is 10.00. The van der Waals surface area contributed by atoms with Gasteiger partial charge in [-0.1, -0.05) is 34.4 Å². The first-order valence-corrected chi connectivity index (χ1v) is 10.8. The number of aromatic nitrogens is 1. The SMILES string of the molecule is O=C(O)N1[C@@H]2CC[C@H]1CC(OCc1c(-c3c(Cl)cccc3Cl)noc1C1CC1)C2. The summed E-state index contributed by atoms with van der Waals surface area (Å²) >= 11 is 12.8. The van der Waals surface area contributed by atoms with Crippen LogP contribution in [0.15, 0.2) is 22.7 Å². The number of hydrogen-bond donors (Lipinski definition) is 1. The van der Waals surface area contributed by atoms with Gasteiger partial charge in [0, 0.05) is 29.1 Å². The van der Waals surface area contributed by atoms with E-state index in [1.807, 2.05) is 0 Å². The van der Waals surface area contributed by atoms with E-state index in [1.165, 1.54) is 0 Å². The van der Waals surface area contributed by atoms with E-state index in [0.717, 1.165) is 49.8 Å². The van der Waals surface area contributed by atoms with Gasteiger partial charge < -0.3 is 19.3 Å². The number of nitrogens with zero attached hydrogens (tertiary/aromatic N) is 2. The van der Waals surface area contributed by atoms with Gasteiger partial charge >= 0.3 is 6.09 Å². The molecule has 5 rings (SSSR count). The van der Waals surface area contributed by atoms with Gasteiger partial charge in [-0.2, -0.15) is 0 Å². The molecule has 2 bridgehead atoms. The highest BCUT2D eigenvalue weighted by atomic mass is 35.5. The van der Waals surface area contributed by atoms with Crippen LogP contribution in [0.1, 0.15) is 55.8 Å². The van der Waals surface area contributed by atoms with Crippen LogP contribution in [0.2, 0.25) is 10.0 Å². The van der Waals surface area contributed by atoms with Crippen molar-refractivity contribution in [3.63, 3.8) is 0 Å². The Morgan fingerprint density at radius 1 is 1.17 bits per heavy atom. The highest BCUT2D eigenvalue weighted by molar-refractivity contribution is 6.39. The number of halogens is 2. The predicted octanol–water partition coefficient (Wildman–Crippen LogP) is 5.72. The summed E-state index contributed by atoms with van der Waals surface area (Å²) in [5, 5.41) is 14.8. The average molecular weight is 437 g/mol. The third-order valence-electron chi connectivity index (χ3n) is 6.34. The molecular weight excluding hydrogens is 415 g/mol. The first-order chi connectivity index (χ1) is 14.0. The summed E-state index contributed by atoms with van der Waals surface area (Å²) in [7, 11) is 0. The van der Waals surface area contributed by atoms with Crippen molar-refractivity contribution in [2.24, 2.45) is 0 Å². The number of fused-ring (bicyclic) bond motifs is 2. The van der Waals surface area contributed by atoms with Crippen molar-refractivity contribution in [3.8, 4) is 11.3 Å². The van der Waals surface area contributed by atoms with Crippen molar-refractivity contribution < 1.29 is 19.2 Å². The second kappa shape index (κ2) is 7.49. The summed E-state index contributed by atoms with van der Waals surface area (Å²) in [6.07, 6.45) is 4.67. The van der Waals surface area contributed by atoms with Gasteiger partial charge in [-0.25, -0.2) is 4.79 Å². The molecule has 1 N–H and O–H groups in total. The molecule has 0 radical (unpaired) electrons. The second-order valence-corrected chi connectivity index (χ2v) is 9.04. The highest BCUT2D eigenvalue weighted by Crippen LogP contribution is 2.46. The van der Waals surface area contributed by atoms with Gasteiger partial charge in [-0.15, -0.1) is 0 Å². The van der Waals surface area contributed by atoms with Crippen LogP contribution in [0.25, 0.3) is 11.3 Å². The lowest BCUT2D eigenvalue weighted by molar-refractivity contribution is -0.0227. The lowest BCUT2D eigenvalue weighted by Crippen LogP contribution is -2.47. The van der Waals surface area contributed by atoms with Crippen LogP contribution in [0.5, 0.6) is 0 Å². The Labute approximate surface area is 178 Å². The van der Waals surface area contributed by atoms with Crippen LogP contribution < -0.4 is 0 Å². The summed E-state index contributed by atoms with van der Waals surface area (Å²) in [4.78, 5) is 13.1. The molecule has 1 amide bonds. The molecule has 1 unspecified atom stereocenters. The van der Waals surface area contributed by atoms with Gasteiger partial charge in [0.25, 0.3) is 0 Å². The number of rotatable bonds is 5. The van der Waals surface area contributed by atoms with E-state index in [2.05, 4.69) is 5.16 Å². The van der Waals surface area contributed by atoms with E-state index in [4.69, 9.17) is 32.5 Å². The Kier molecular flexibility index (Phi) is 4.96. The fourth-order valence-electron chi connectivity index (χ4n) is 4.82. The zero-order valence-electron chi connectivity index (χ0n) is 15.8. The Bertz CT molecular complexity index is 909. The molecule has 3 aliphatic rings. The average Bonchev–Trinajstić information content (AvgIpc) is 3.38. The maximum Gasteiger partial charge on any atom is 0.407 e. The number of hydrogen-bond acceptors (Lipinski definition) is 4.